The minimum atomic E-state index is -4.70. The number of hydrogen-bond donors (Lipinski definition) is 2. The Labute approximate surface area is 63.8 Å². The van der Waals surface area contributed by atoms with Crippen LogP contribution >= 0.6 is 0 Å². The summed E-state index contributed by atoms with van der Waals surface area (Å²) in [5, 5.41) is 10.5. The van der Waals surface area contributed by atoms with Gasteiger partial charge in [0.2, 0.25) is 0 Å². The summed E-state index contributed by atoms with van der Waals surface area (Å²) >= 11 is 0. The Morgan fingerprint density at radius 2 is 1.82 bits per heavy atom. The van der Waals surface area contributed by atoms with Gasteiger partial charge in [-0.15, -0.1) is 0 Å². The Morgan fingerprint density at radius 3 is 2.27 bits per heavy atom. The number of unbranched alkanes of at least 4 members (excludes halogenated alkanes) is 1. The van der Waals surface area contributed by atoms with Crippen molar-refractivity contribution >= 4 is 6.98 Å². The zero-order chi connectivity index (χ0) is 8.74. The van der Waals surface area contributed by atoms with Gasteiger partial charge in [-0.3, -0.25) is 0 Å². The molecule has 0 atom stereocenters. The fraction of sp³-hybridized carbons (Fsp3) is 1.00. The van der Waals surface area contributed by atoms with E-state index >= 15 is 0 Å². The molecule has 0 amide bonds. The van der Waals surface area contributed by atoms with Gasteiger partial charge in [-0.1, -0.05) is 0 Å². The van der Waals surface area contributed by atoms with Gasteiger partial charge in [-0.25, -0.2) is 0 Å². The van der Waals surface area contributed by atoms with E-state index in [2.05, 4.69) is 5.32 Å². The van der Waals surface area contributed by atoms with Crippen LogP contribution in [-0.2, 0) is 0 Å². The predicted octanol–water partition coefficient (Wildman–Crippen LogP) is 0.735. The van der Waals surface area contributed by atoms with Gasteiger partial charge in [0, 0.05) is 6.61 Å². The van der Waals surface area contributed by atoms with Gasteiger partial charge in [0.05, 0.1) is 0 Å². The minimum absolute atomic E-state index is 0.0405. The lowest BCUT2D eigenvalue weighted by molar-refractivity contribution is 0.284. The van der Waals surface area contributed by atoms with E-state index in [9.17, 15) is 12.9 Å². The van der Waals surface area contributed by atoms with Crippen molar-refractivity contribution in [1.82, 2.24) is 5.32 Å². The molecule has 2 N–H and O–H groups in total. The van der Waals surface area contributed by atoms with Crippen molar-refractivity contribution in [3.05, 3.63) is 0 Å². The minimum Gasteiger partial charge on any atom is -0.448 e. The number of nitrogens with one attached hydrogen (secondary N) is 1. The average molecular weight is 170 g/mol. The third-order valence-corrected chi connectivity index (χ3v) is 1.14. The Balaban J connectivity index is 3.02. The molecule has 0 saturated carbocycles. The third kappa shape index (κ3) is 9.77. The highest BCUT2D eigenvalue weighted by atomic mass is 19.4. The van der Waals surface area contributed by atoms with Crippen LogP contribution in [0.15, 0.2) is 0 Å². The van der Waals surface area contributed by atoms with E-state index < -0.39 is 13.4 Å². The van der Waals surface area contributed by atoms with E-state index in [1.54, 1.807) is 0 Å². The highest BCUT2D eigenvalue weighted by Crippen LogP contribution is 2.05. The van der Waals surface area contributed by atoms with Gasteiger partial charge < -0.3 is 23.4 Å². The van der Waals surface area contributed by atoms with Crippen molar-refractivity contribution in [2.24, 2.45) is 0 Å². The van der Waals surface area contributed by atoms with E-state index in [4.69, 9.17) is 5.11 Å². The molecule has 0 unspecified atom stereocenters. The van der Waals surface area contributed by atoms with Gasteiger partial charge in [0.15, 0.2) is 0 Å². The Morgan fingerprint density at radius 1 is 1.18 bits per heavy atom. The van der Waals surface area contributed by atoms with Crippen molar-refractivity contribution < 1.29 is 18.1 Å². The molecule has 0 heterocycles. The first kappa shape index (κ1) is 10.8. The SMILES string of the molecule is OCCCCNC[B-](F)(F)F. The molecule has 0 spiro atoms. The molecule has 0 saturated heterocycles. The van der Waals surface area contributed by atoms with Crippen LogP contribution in [0.5, 0.6) is 0 Å². The molecule has 0 bridgehead atoms. The van der Waals surface area contributed by atoms with Crippen LogP contribution in [0, 0.1) is 0 Å². The van der Waals surface area contributed by atoms with Crippen LogP contribution in [0.1, 0.15) is 12.8 Å². The number of aliphatic hydroxyl groups is 1. The van der Waals surface area contributed by atoms with Crippen molar-refractivity contribution in [3.8, 4) is 0 Å². The maximum atomic E-state index is 11.5. The topological polar surface area (TPSA) is 32.3 Å². The summed E-state index contributed by atoms with van der Waals surface area (Å²) in [6, 6.07) is 0. The van der Waals surface area contributed by atoms with Crippen molar-refractivity contribution in [2.75, 3.05) is 19.6 Å². The maximum Gasteiger partial charge on any atom is 0.491 e. The molecule has 11 heavy (non-hydrogen) atoms. The molecule has 0 aliphatic carbocycles. The first-order valence-corrected chi connectivity index (χ1v) is 3.59. The molecule has 0 fully saturated rings. The first-order chi connectivity index (χ1) is 5.06. The van der Waals surface area contributed by atoms with Crippen LogP contribution < -0.4 is 5.32 Å². The van der Waals surface area contributed by atoms with Crippen molar-refractivity contribution in [3.63, 3.8) is 0 Å². The van der Waals surface area contributed by atoms with Crippen LogP contribution in [0.4, 0.5) is 12.9 Å². The fourth-order valence-corrected chi connectivity index (χ4v) is 0.628. The highest BCUT2D eigenvalue weighted by Gasteiger charge is 2.21. The molecule has 0 aliphatic heterocycles. The molecule has 0 rings (SSSR count). The lowest BCUT2D eigenvalue weighted by Gasteiger charge is -2.13. The lowest BCUT2D eigenvalue weighted by atomic mass is 9.92. The highest BCUT2D eigenvalue weighted by molar-refractivity contribution is 6.58. The van der Waals surface area contributed by atoms with Crippen LogP contribution in [0.25, 0.3) is 0 Å². The Kier molecular flexibility index (Phi) is 5.32. The van der Waals surface area contributed by atoms with Crippen molar-refractivity contribution in [1.29, 1.82) is 0 Å². The molecule has 2 nitrogen and oxygen atoms in total. The van der Waals surface area contributed by atoms with E-state index in [1.807, 2.05) is 0 Å². The van der Waals surface area contributed by atoms with Gasteiger partial charge in [0.1, 0.15) is 0 Å². The van der Waals surface area contributed by atoms with Gasteiger partial charge in [-0.05, 0) is 25.8 Å². The lowest BCUT2D eigenvalue weighted by Crippen LogP contribution is -2.34. The standard InChI is InChI=1S/C5H12BF3NO/c7-6(8,9)5-10-3-1-2-4-11/h10-11H,1-5H2/q-1. The summed E-state index contributed by atoms with van der Waals surface area (Å²) in [6.45, 7) is -4.33. The smallest absolute Gasteiger partial charge is 0.448 e. The Bertz CT molecular complexity index is 98.2. The van der Waals surface area contributed by atoms with Crippen LogP contribution in [-0.4, -0.2) is 31.7 Å². The van der Waals surface area contributed by atoms with E-state index in [0.717, 1.165) is 0 Å². The van der Waals surface area contributed by atoms with Gasteiger partial charge in [-0.2, -0.15) is 0 Å². The van der Waals surface area contributed by atoms with Crippen molar-refractivity contribution in [2.45, 2.75) is 12.8 Å². The van der Waals surface area contributed by atoms with Crippen LogP contribution in [0.3, 0.4) is 0 Å². The molecule has 0 aromatic rings. The van der Waals surface area contributed by atoms with Gasteiger partial charge in [0.25, 0.3) is 0 Å². The summed E-state index contributed by atoms with van der Waals surface area (Å²) in [4.78, 5) is 0. The number of hydrogen-bond acceptors (Lipinski definition) is 2. The summed E-state index contributed by atoms with van der Waals surface area (Å²) in [7, 11) is 0. The molecular formula is C5H12BF3NO-. The maximum absolute atomic E-state index is 11.5. The molecule has 6 heteroatoms. The molecule has 0 aromatic heterocycles. The predicted molar refractivity (Wildman–Crippen MR) is 38.3 cm³/mol. The van der Waals surface area contributed by atoms with Crippen LogP contribution in [0.2, 0.25) is 0 Å². The molecule has 0 aliphatic rings. The zero-order valence-corrected chi connectivity index (χ0v) is 6.19. The summed E-state index contributed by atoms with van der Waals surface area (Å²) in [5.41, 5.74) is 0. The monoisotopic (exact) mass is 170 g/mol. The fourth-order valence-electron chi connectivity index (χ4n) is 0.628. The quantitative estimate of drug-likeness (QED) is 0.455. The largest absolute Gasteiger partial charge is 0.491 e. The summed E-state index contributed by atoms with van der Waals surface area (Å²) in [6.07, 6.45) is 0.256. The number of halogens is 3. The molecule has 68 valence electrons. The summed E-state index contributed by atoms with van der Waals surface area (Å²) < 4.78 is 34.5. The second-order valence-electron chi connectivity index (χ2n) is 2.35. The summed E-state index contributed by atoms with van der Waals surface area (Å²) in [5.74, 6) is 0. The molecule has 0 radical (unpaired) electrons. The zero-order valence-electron chi connectivity index (χ0n) is 6.19. The normalized spacial score (nSPS) is 12.0. The molecular weight excluding hydrogens is 158 g/mol. The first-order valence-electron chi connectivity index (χ1n) is 3.59. The van der Waals surface area contributed by atoms with E-state index in [0.29, 0.717) is 19.4 Å². The molecule has 0 aromatic carbocycles. The average Bonchev–Trinajstić information content (AvgIpc) is 1.85. The second-order valence-corrected chi connectivity index (χ2v) is 2.35. The second kappa shape index (κ2) is 5.43. The van der Waals surface area contributed by atoms with E-state index in [1.165, 1.54) is 0 Å². The number of aliphatic hydroxyl groups excluding tert-OH is 1. The van der Waals surface area contributed by atoms with Gasteiger partial charge >= 0.3 is 6.98 Å². The Hall–Kier alpha value is -0.225. The van der Waals surface area contributed by atoms with E-state index in [-0.39, 0.29) is 6.61 Å². The number of rotatable bonds is 6. The third-order valence-electron chi connectivity index (χ3n) is 1.14.